The fourth-order valence-corrected chi connectivity index (χ4v) is 3.04. The first-order valence-corrected chi connectivity index (χ1v) is 7.11. The topological polar surface area (TPSA) is 44.7 Å². The second kappa shape index (κ2) is 5.39. The van der Waals surface area contributed by atoms with E-state index in [9.17, 15) is 5.11 Å². The monoisotopic (exact) mass is 262 g/mol. The molecule has 3 rings (SSSR count). The third-order valence-corrected chi connectivity index (χ3v) is 4.16. The molecule has 1 atom stereocenters. The summed E-state index contributed by atoms with van der Waals surface area (Å²) in [7, 11) is 1.59. The highest BCUT2D eigenvalue weighted by molar-refractivity contribution is 5.43. The van der Waals surface area contributed by atoms with Crippen LogP contribution >= 0.6 is 0 Å². The van der Waals surface area contributed by atoms with E-state index in [-0.39, 0.29) is 5.75 Å². The van der Waals surface area contributed by atoms with Crippen LogP contribution in [0.4, 0.5) is 0 Å². The van der Waals surface area contributed by atoms with Crippen molar-refractivity contribution in [3.8, 4) is 11.5 Å². The molecule has 0 amide bonds. The van der Waals surface area contributed by atoms with E-state index in [2.05, 4.69) is 16.3 Å². The van der Waals surface area contributed by atoms with Gasteiger partial charge in [-0.1, -0.05) is 6.07 Å². The van der Waals surface area contributed by atoms with E-state index in [1.165, 1.54) is 18.4 Å². The number of ether oxygens (including phenoxy) is 1. The number of aromatic hydroxyl groups is 1. The number of piperazine rings is 1. The number of phenols is 1. The zero-order valence-corrected chi connectivity index (χ0v) is 11.4. The van der Waals surface area contributed by atoms with Crippen molar-refractivity contribution in [2.75, 3.05) is 33.3 Å². The van der Waals surface area contributed by atoms with Crippen molar-refractivity contribution in [1.29, 1.82) is 0 Å². The van der Waals surface area contributed by atoms with Crippen LogP contribution in [-0.2, 0) is 0 Å². The van der Waals surface area contributed by atoms with Gasteiger partial charge in [-0.05, 0) is 36.5 Å². The second-order valence-corrected chi connectivity index (χ2v) is 5.50. The highest BCUT2D eigenvalue weighted by Gasteiger charge is 2.36. The van der Waals surface area contributed by atoms with Crippen LogP contribution in [0.2, 0.25) is 0 Å². The predicted octanol–water partition coefficient (Wildman–Crippen LogP) is 1.76. The molecule has 1 aliphatic heterocycles. The fourth-order valence-electron chi connectivity index (χ4n) is 3.04. The van der Waals surface area contributed by atoms with Gasteiger partial charge in [-0.25, -0.2) is 0 Å². The van der Waals surface area contributed by atoms with Crippen molar-refractivity contribution in [3.05, 3.63) is 23.8 Å². The summed E-state index contributed by atoms with van der Waals surface area (Å²) in [5.74, 6) is 1.56. The number of nitrogens with one attached hydrogen (secondary N) is 1. The molecular formula is C15H22N2O2. The Morgan fingerprint density at radius 3 is 2.63 bits per heavy atom. The molecule has 1 aromatic carbocycles. The zero-order chi connectivity index (χ0) is 13.2. The maximum atomic E-state index is 9.98. The second-order valence-electron chi connectivity index (χ2n) is 5.50. The van der Waals surface area contributed by atoms with Crippen LogP contribution < -0.4 is 10.1 Å². The maximum Gasteiger partial charge on any atom is 0.160 e. The summed E-state index contributed by atoms with van der Waals surface area (Å²) < 4.78 is 5.13. The number of phenolic OH excluding ortho intramolecular Hbond substituents is 1. The minimum absolute atomic E-state index is 0.251. The van der Waals surface area contributed by atoms with Gasteiger partial charge in [-0.2, -0.15) is 0 Å². The lowest BCUT2D eigenvalue weighted by atomic mass is 9.99. The quantitative estimate of drug-likeness (QED) is 0.868. The van der Waals surface area contributed by atoms with Gasteiger partial charge < -0.3 is 15.2 Å². The number of hydrogen-bond donors (Lipinski definition) is 2. The average Bonchev–Trinajstić information content (AvgIpc) is 3.25. The van der Waals surface area contributed by atoms with E-state index in [1.807, 2.05) is 12.1 Å². The zero-order valence-electron chi connectivity index (χ0n) is 11.4. The number of benzene rings is 1. The summed E-state index contributed by atoms with van der Waals surface area (Å²) in [6.45, 7) is 4.30. The Morgan fingerprint density at radius 1 is 1.32 bits per heavy atom. The SMILES string of the molecule is COc1ccc([C@H](C2CC2)N2CCNCC2)cc1O. The minimum Gasteiger partial charge on any atom is -0.504 e. The molecule has 4 nitrogen and oxygen atoms in total. The highest BCUT2D eigenvalue weighted by Crippen LogP contribution is 2.45. The standard InChI is InChI=1S/C15H22N2O2/c1-19-14-5-4-12(10-13(14)18)15(11-2-3-11)17-8-6-16-7-9-17/h4-5,10-11,15-16,18H,2-3,6-9H2,1H3/t15-/m0/s1. The van der Waals surface area contributed by atoms with Gasteiger partial charge in [-0.3, -0.25) is 4.90 Å². The lowest BCUT2D eigenvalue weighted by Gasteiger charge is -2.35. The highest BCUT2D eigenvalue weighted by atomic mass is 16.5. The number of methoxy groups -OCH3 is 1. The fraction of sp³-hybridized carbons (Fsp3) is 0.600. The van der Waals surface area contributed by atoms with E-state index in [4.69, 9.17) is 4.74 Å². The summed E-state index contributed by atoms with van der Waals surface area (Å²) in [6, 6.07) is 6.31. The molecule has 0 bridgehead atoms. The van der Waals surface area contributed by atoms with Gasteiger partial charge >= 0.3 is 0 Å². The van der Waals surface area contributed by atoms with E-state index in [1.54, 1.807) is 7.11 Å². The van der Waals surface area contributed by atoms with Gasteiger partial charge in [-0.15, -0.1) is 0 Å². The van der Waals surface area contributed by atoms with E-state index in [0.29, 0.717) is 11.8 Å². The number of nitrogens with zero attached hydrogens (tertiary/aromatic N) is 1. The molecule has 19 heavy (non-hydrogen) atoms. The van der Waals surface area contributed by atoms with Gasteiger partial charge in [0.1, 0.15) is 0 Å². The van der Waals surface area contributed by atoms with Gasteiger partial charge in [0.25, 0.3) is 0 Å². The lowest BCUT2D eigenvalue weighted by Crippen LogP contribution is -2.45. The molecule has 1 saturated heterocycles. The third kappa shape index (κ3) is 2.69. The molecule has 2 fully saturated rings. The summed E-state index contributed by atoms with van der Waals surface area (Å²) >= 11 is 0. The van der Waals surface area contributed by atoms with E-state index < -0.39 is 0 Å². The van der Waals surface area contributed by atoms with Crippen molar-refractivity contribution in [2.45, 2.75) is 18.9 Å². The Balaban J connectivity index is 1.84. The van der Waals surface area contributed by atoms with Crippen LogP contribution in [0, 0.1) is 5.92 Å². The van der Waals surface area contributed by atoms with Crippen LogP contribution in [0.5, 0.6) is 11.5 Å². The first-order chi connectivity index (χ1) is 9.29. The number of hydrogen-bond acceptors (Lipinski definition) is 4. The summed E-state index contributed by atoms with van der Waals surface area (Å²) in [5, 5.41) is 13.4. The molecular weight excluding hydrogens is 240 g/mol. The molecule has 1 aliphatic carbocycles. The van der Waals surface area contributed by atoms with Gasteiger partial charge in [0.2, 0.25) is 0 Å². The van der Waals surface area contributed by atoms with Gasteiger partial charge in [0.15, 0.2) is 11.5 Å². The van der Waals surface area contributed by atoms with E-state index in [0.717, 1.165) is 32.1 Å². The van der Waals surface area contributed by atoms with Crippen molar-refractivity contribution in [3.63, 3.8) is 0 Å². The van der Waals surface area contributed by atoms with Crippen LogP contribution in [-0.4, -0.2) is 43.3 Å². The van der Waals surface area contributed by atoms with Crippen molar-refractivity contribution < 1.29 is 9.84 Å². The average molecular weight is 262 g/mol. The van der Waals surface area contributed by atoms with Crippen molar-refractivity contribution in [1.82, 2.24) is 10.2 Å². The van der Waals surface area contributed by atoms with Gasteiger partial charge in [0, 0.05) is 32.2 Å². The Kier molecular flexibility index (Phi) is 3.62. The molecule has 0 unspecified atom stereocenters. The maximum absolute atomic E-state index is 9.98. The molecule has 104 valence electrons. The Labute approximate surface area is 114 Å². The van der Waals surface area contributed by atoms with E-state index >= 15 is 0 Å². The van der Waals surface area contributed by atoms with Crippen LogP contribution in [0.3, 0.4) is 0 Å². The van der Waals surface area contributed by atoms with Crippen LogP contribution in [0.15, 0.2) is 18.2 Å². The van der Waals surface area contributed by atoms with Gasteiger partial charge in [0.05, 0.1) is 7.11 Å². The predicted molar refractivity (Wildman–Crippen MR) is 74.6 cm³/mol. The molecule has 1 saturated carbocycles. The minimum atomic E-state index is 0.251. The Morgan fingerprint density at radius 2 is 2.05 bits per heavy atom. The van der Waals surface area contributed by atoms with Crippen molar-refractivity contribution in [2.24, 2.45) is 5.92 Å². The summed E-state index contributed by atoms with van der Waals surface area (Å²) in [6.07, 6.45) is 2.61. The first-order valence-electron chi connectivity index (χ1n) is 7.11. The molecule has 0 radical (unpaired) electrons. The van der Waals surface area contributed by atoms with Crippen LogP contribution in [0.25, 0.3) is 0 Å². The molecule has 0 spiro atoms. The summed E-state index contributed by atoms with van der Waals surface area (Å²) in [4.78, 5) is 2.55. The summed E-state index contributed by atoms with van der Waals surface area (Å²) in [5.41, 5.74) is 1.22. The largest absolute Gasteiger partial charge is 0.504 e. The molecule has 2 aliphatic rings. The molecule has 1 heterocycles. The smallest absolute Gasteiger partial charge is 0.160 e. The Hall–Kier alpha value is -1.26. The third-order valence-electron chi connectivity index (χ3n) is 4.16. The van der Waals surface area contributed by atoms with Crippen molar-refractivity contribution >= 4 is 0 Å². The molecule has 1 aromatic rings. The molecule has 0 aromatic heterocycles. The Bertz CT molecular complexity index is 440. The molecule has 2 N–H and O–H groups in total. The first kappa shape index (κ1) is 12.8. The lowest BCUT2D eigenvalue weighted by molar-refractivity contribution is 0.156. The van der Waals surface area contributed by atoms with Crippen LogP contribution in [0.1, 0.15) is 24.4 Å². The normalized spacial score (nSPS) is 22.2. The number of rotatable bonds is 4. The molecule has 4 heteroatoms.